The van der Waals surface area contributed by atoms with Crippen molar-refractivity contribution in [3.8, 4) is 0 Å². The van der Waals surface area contributed by atoms with E-state index in [4.69, 9.17) is 0 Å². The van der Waals surface area contributed by atoms with Crippen LogP contribution in [0.2, 0.25) is 0 Å². The van der Waals surface area contributed by atoms with Crippen LogP contribution in [-0.4, -0.2) is 16.1 Å². The molecule has 0 bridgehead atoms. The van der Waals surface area contributed by atoms with Crippen molar-refractivity contribution >= 4 is 27.7 Å². The lowest BCUT2D eigenvalue weighted by Crippen LogP contribution is -2.06. The summed E-state index contributed by atoms with van der Waals surface area (Å²) in [6.07, 6.45) is 1.57. The molecule has 1 heterocycles. The summed E-state index contributed by atoms with van der Waals surface area (Å²) in [6, 6.07) is 0. The van der Waals surface area contributed by atoms with Crippen LogP contribution in [0.15, 0.2) is 10.7 Å². The van der Waals surface area contributed by atoms with E-state index in [0.717, 1.165) is 4.47 Å². The van der Waals surface area contributed by atoms with Gasteiger partial charge in [0, 0.05) is 6.92 Å². The summed E-state index contributed by atoms with van der Waals surface area (Å²) in [5.74, 6) is 0.470. The number of anilines is 1. The van der Waals surface area contributed by atoms with Gasteiger partial charge in [-0.1, -0.05) is 0 Å². The van der Waals surface area contributed by atoms with Crippen molar-refractivity contribution in [2.75, 3.05) is 5.32 Å². The number of amides is 1. The molecular formula is C5H6BrN3O. The number of carbonyl (C=O) groups excluding carboxylic acids is 1. The molecule has 0 aliphatic carbocycles. The van der Waals surface area contributed by atoms with Crippen LogP contribution >= 0.6 is 15.9 Å². The predicted molar refractivity (Wildman–Crippen MR) is 40.6 cm³/mol. The van der Waals surface area contributed by atoms with Gasteiger partial charge in [-0.25, -0.2) is 0 Å². The summed E-state index contributed by atoms with van der Waals surface area (Å²) < 4.78 is 0.753. The number of H-pyrrole nitrogens is 1. The summed E-state index contributed by atoms with van der Waals surface area (Å²) in [5.41, 5.74) is 0. The number of aromatic nitrogens is 2. The summed E-state index contributed by atoms with van der Waals surface area (Å²) >= 11 is 3.19. The van der Waals surface area contributed by atoms with Crippen LogP contribution in [-0.2, 0) is 4.79 Å². The van der Waals surface area contributed by atoms with Crippen molar-refractivity contribution in [3.63, 3.8) is 0 Å². The van der Waals surface area contributed by atoms with Gasteiger partial charge in [-0.05, 0) is 15.9 Å². The Morgan fingerprint density at radius 1 is 1.90 bits per heavy atom. The van der Waals surface area contributed by atoms with Crippen molar-refractivity contribution < 1.29 is 4.79 Å². The molecule has 1 aromatic heterocycles. The van der Waals surface area contributed by atoms with E-state index in [9.17, 15) is 4.79 Å². The summed E-state index contributed by atoms with van der Waals surface area (Å²) in [7, 11) is 0. The number of carbonyl (C=O) groups is 1. The van der Waals surface area contributed by atoms with E-state index in [-0.39, 0.29) is 5.91 Å². The minimum atomic E-state index is -0.120. The topological polar surface area (TPSA) is 57.8 Å². The first kappa shape index (κ1) is 7.27. The normalized spacial score (nSPS) is 9.40. The van der Waals surface area contributed by atoms with Crippen molar-refractivity contribution in [2.24, 2.45) is 0 Å². The third-order valence-corrected chi connectivity index (χ3v) is 1.50. The van der Waals surface area contributed by atoms with Crippen LogP contribution < -0.4 is 5.32 Å². The number of rotatable bonds is 1. The first-order valence-corrected chi connectivity index (χ1v) is 3.46. The second-order valence-electron chi connectivity index (χ2n) is 1.77. The number of nitrogens with one attached hydrogen (secondary N) is 2. The van der Waals surface area contributed by atoms with Gasteiger partial charge in [-0.15, -0.1) is 0 Å². The fourth-order valence-electron chi connectivity index (χ4n) is 0.535. The lowest BCUT2D eigenvalue weighted by atomic mass is 10.6. The maximum absolute atomic E-state index is 10.5. The second-order valence-corrected chi connectivity index (χ2v) is 2.63. The molecule has 54 valence electrons. The predicted octanol–water partition coefficient (Wildman–Crippen LogP) is 1.13. The van der Waals surface area contributed by atoms with Crippen LogP contribution in [0.4, 0.5) is 5.82 Å². The smallest absolute Gasteiger partial charge is 0.222 e. The molecule has 0 aliphatic heterocycles. The largest absolute Gasteiger partial charge is 0.310 e. The van der Waals surface area contributed by atoms with Crippen molar-refractivity contribution in [1.82, 2.24) is 10.2 Å². The average Bonchev–Trinajstić information content (AvgIpc) is 2.15. The Morgan fingerprint density at radius 3 is 3.00 bits per heavy atom. The van der Waals surface area contributed by atoms with E-state index in [1.807, 2.05) is 0 Å². The summed E-state index contributed by atoms with van der Waals surface area (Å²) in [6.45, 7) is 1.44. The molecule has 1 rings (SSSR count). The van der Waals surface area contributed by atoms with Gasteiger partial charge in [0.25, 0.3) is 0 Å². The standard InChI is InChI=1S/C5H6BrN3O/c1-3(10)8-5-4(6)2-7-9-5/h2H,1H3,(H2,7,8,9,10). The second kappa shape index (κ2) is 2.83. The first-order chi connectivity index (χ1) is 4.70. The molecule has 0 saturated carbocycles. The van der Waals surface area contributed by atoms with Crippen LogP contribution in [0.3, 0.4) is 0 Å². The molecule has 2 N–H and O–H groups in total. The molecule has 0 atom stereocenters. The third kappa shape index (κ3) is 1.57. The maximum Gasteiger partial charge on any atom is 0.222 e. The zero-order valence-corrected chi connectivity index (χ0v) is 6.90. The highest BCUT2D eigenvalue weighted by atomic mass is 79.9. The Balaban J connectivity index is 2.74. The zero-order chi connectivity index (χ0) is 7.56. The Kier molecular flexibility index (Phi) is 2.06. The molecule has 4 nitrogen and oxygen atoms in total. The molecule has 5 heteroatoms. The van der Waals surface area contributed by atoms with Gasteiger partial charge in [0.05, 0.1) is 10.7 Å². The minimum Gasteiger partial charge on any atom is -0.310 e. The third-order valence-electron chi connectivity index (χ3n) is 0.894. The highest BCUT2D eigenvalue weighted by Gasteiger charge is 2.00. The first-order valence-electron chi connectivity index (χ1n) is 2.66. The van der Waals surface area contributed by atoms with Crippen LogP contribution in [0.25, 0.3) is 0 Å². The van der Waals surface area contributed by atoms with Gasteiger partial charge in [0.1, 0.15) is 5.82 Å². The highest BCUT2D eigenvalue weighted by Crippen LogP contribution is 2.17. The van der Waals surface area contributed by atoms with Crippen molar-refractivity contribution in [3.05, 3.63) is 10.7 Å². The molecule has 1 aromatic rings. The molecule has 10 heavy (non-hydrogen) atoms. The molecule has 0 radical (unpaired) electrons. The number of nitrogens with zero attached hydrogens (tertiary/aromatic N) is 1. The molecule has 0 aliphatic rings. The summed E-state index contributed by atoms with van der Waals surface area (Å²) in [5, 5.41) is 8.85. The molecule has 0 spiro atoms. The Hall–Kier alpha value is -0.840. The molecule has 1 amide bonds. The minimum absolute atomic E-state index is 0.120. The maximum atomic E-state index is 10.5. The molecule has 0 saturated heterocycles. The number of hydrogen-bond donors (Lipinski definition) is 2. The van der Waals surface area contributed by atoms with E-state index in [1.54, 1.807) is 6.20 Å². The van der Waals surface area contributed by atoms with Crippen LogP contribution in [0.1, 0.15) is 6.92 Å². The van der Waals surface area contributed by atoms with Crippen molar-refractivity contribution in [1.29, 1.82) is 0 Å². The van der Waals surface area contributed by atoms with Gasteiger partial charge >= 0.3 is 0 Å². The van der Waals surface area contributed by atoms with Gasteiger partial charge in [-0.2, -0.15) is 5.10 Å². The van der Waals surface area contributed by atoms with Gasteiger partial charge in [-0.3, -0.25) is 9.89 Å². The molecule has 0 aromatic carbocycles. The van der Waals surface area contributed by atoms with Crippen molar-refractivity contribution in [2.45, 2.75) is 6.92 Å². The Morgan fingerprint density at radius 2 is 2.60 bits per heavy atom. The highest BCUT2D eigenvalue weighted by molar-refractivity contribution is 9.10. The lowest BCUT2D eigenvalue weighted by Gasteiger charge is -1.95. The fourth-order valence-corrected chi connectivity index (χ4v) is 0.825. The van der Waals surface area contributed by atoms with E-state index in [0.29, 0.717) is 5.82 Å². The van der Waals surface area contributed by atoms with E-state index >= 15 is 0 Å². The van der Waals surface area contributed by atoms with Crippen LogP contribution in [0, 0.1) is 0 Å². The zero-order valence-electron chi connectivity index (χ0n) is 5.31. The van der Waals surface area contributed by atoms with Crippen LogP contribution in [0.5, 0.6) is 0 Å². The van der Waals surface area contributed by atoms with E-state index < -0.39 is 0 Å². The van der Waals surface area contributed by atoms with E-state index in [1.165, 1.54) is 6.92 Å². The molecular weight excluding hydrogens is 198 g/mol. The number of hydrogen-bond acceptors (Lipinski definition) is 2. The Labute approximate surface area is 66.1 Å². The Bertz CT molecular complexity index is 245. The monoisotopic (exact) mass is 203 g/mol. The molecule has 0 unspecified atom stereocenters. The quantitative estimate of drug-likeness (QED) is 0.720. The number of aromatic amines is 1. The fraction of sp³-hybridized carbons (Fsp3) is 0.200. The van der Waals surface area contributed by atoms with Gasteiger partial charge in [0.15, 0.2) is 0 Å². The SMILES string of the molecule is CC(=O)Nc1[nH]ncc1Br. The molecule has 0 fully saturated rings. The average molecular weight is 204 g/mol. The van der Waals surface area contributed by atoms with E-state index in [2.05, 4.69) is 31.4 Å². The summed E-state index contributed by atoms with van der Waals surface area (Å²) in [4.78, 5) is 10.5. The van der Waals surface area contributed by atoms with Gasteiger partial charge in [0.2, 0.25) is 5.91 Å². The number of halogens is 1. The lowest BCUT2D eigenvalue weighted by molar-refractivity contribution is -0.114. The van der Waals surface area contributed by atoms with Gasteiger partial charge < -0.3 is 5.32 Å².